The number of hydrogen-bond donors (Lipinski definition) is 1. The number of rotatable bonds is 9. The van der Waals surface area contributed by atoms with Crippen LogP contribution in [0.5, 0.6) is 0 Å². The van der Waals surface area contributed by atoms with Crippen molar-refractivity contribution >= 4 is 50.9 Å². The minimum atomic E-state index is -3.38. The van der Waals surface area contributed by atoms with Crippen molar-refractivity contribution in [2.75, 3.05) is 25.4 Å². The standard InChI is InChI=1S/C23H28Cl2N2O3S2/c1-17-3-2-4-19(13-17)16-32(29,30)27-10-7-20(8-11-27)23(28)26-9-12-31-15-18-5-6-21(24)22(25)14-18/h2-6,13-14,20H,7-12,15-16H2,1H3,(H,26,28). The Labute approximate surface area is 204 Å². The molecule has 0 saturated carbocycles. The Balaban J connectivity index is 1.37. The summed E-state index contributed by atoms with van der Waals surface area (Å²) in [6, 6.07) is 13.2. The zero-order chi connectivity index (χ0) is 23.1. The minimum absolute atomic E-state index is 0.00159. The van der Waals surface area contributed by atoms with Crippen LogP contribution in [0.2, 0.25) is 10.0 Å². The molecule has 1 amide bonds. The van der Waals surface area contributed by atoms with Crippen LogP contribution in [0.15, 0.2) is 42.5 Å². The van der Waals surface area contributed by atoms with Gasteiger partial charge in [-0.2, -0.15) is 11.8 Å². The molecule has 1 fully saturated rings. The van der Waals surface area contributed by atoms with Crippen LogP contribution < -0.4 is 5.32 Å². The molecule has 0 atom stereocenters. The molecule has 1 aliphatic rings. The van der Waals surface area contributed by atoms with Gasteiger partial charge in [-0.15, -0.1) is 0 Å². The number of carbonyl (C=O) groups is 1. The lowest BCUT2D eigenvalue weighted by atomic mass is 9.97. The number of sulfonamides is 1. The molecule has 174 valence electrons. The second-order valence-corrected chi connectivity index (χ2v) is 11.9. The molecule has 32 heavy (non-hydrogen) atoms. The Morgan fingerprint density at radius 1 is 1.09 bits per heavy atom. The van der Waals surface area contributed by atoms with Crippen molar-refractivity contribution in [3.05, 3.63) is 69.2 Å². The van der Waals surface area contributed by atoms with Crippen molar-refractivity contribution in [1.82, 2.24) is 9.62 Å². The van der Waals surface area contributed by atoms with E-state index in [1.807, 2.05) is 43.3 Å². The molecule has 2 aromatic carbocycles. The Kier molecular flexibility index (Phi) is 9.32. The van der Waals surface area contributed by atoms with Gasteiger partial charge in [-0.05, 0) is 43.0 Å². The van der Waals surface area contributed by atoms with Crippen molar-refractivity contribution < 1.29 is 13.2 Å². The van der Waals surface area contributed by atoms with Gasteiger partial charge in [0.05, 0.1) is 15.8 Å². The number of aryl methyl sites for hydroxylation is 1. The van der Waals surface area contributed by atoms with Crippen LogP contribution in [-0.2, 0) is 26.3 Å². The Hall–Kier alpha value is -1.25. The lowest BCUT2D eigenvalue weighted by molar-refractivity contribution is -0.125. The van der Waals surface area contributed by atoms with Crippen molar-refractivity contribution in [3.8, 4) is 0 Å². The van der Waals surface area contributed by atoms with Gasteiger partial charge in [-0.3, -0.25) is 4.79 Å². The molecule has 0 aliphatic carbocycles. The van der Waals surface area contributed by atoms with Gasteiger partial charge < -0.3 is 5.32 Å². The molecule has 1 aliphatic heterocycles. The highest BCUT2D eigenvalue weighted by atomic mass is 35.5. The molecule has 9 heteroatoms. The van der Waals surface area contributed by atoms with Crippen molar-refractivity contribution in [1.29, 1.82) is 0 Å². The zero-order valence-electron chi connectivity index (χ0n) is 18.0. The first-order chi connectivity index (χ1) is 15.2. The number of amides is 1. The minimum Gasteiger partial charge on any atom is -0.355 e. The first kappa shape index (κ1) is 25.4. The monoisotopic (exact) mass is 514 g/mol. The van der Waals surface area contributed by atoms with Gasteiger partial charge in [0.25, 0.3) is 0 Å². The lowest BCUT2D eigenvalue weighted by Crippen LogP contribution is -2.43. The Bertz CT molecular complexity index is 1040. The molecule has 0 radical (unpaired) electrons. The number of nitrogens with one attached hydrogen (secondary N) is 1. The maximum absolute atomic E-state index is 12.8. The average molecular weight is 516 g/mol. The predicted octanol–water partition coefficient (Wildman–Crippen LogP) is 4.89. The molecule has 1 N–H and O–H groups in total. The van der Waals surface area contributed by atoms with Crippen LogP contribution >= 0.6 is 35.0 Å². The van der Waals surface area contributed by atoms with Gasteiger partial charge in [-0.25, -0.2) is 12.7 Å². The fourth-order valence-corrected chi connectivity index (χ4v) is 6.39. The third-order valence-corrected chi connectivity index (χ3v) is 9.07. The summed E-state index contributed by atoms with van der Waals surface area (Å²) in [5, 5.41) is 4.07. The fraction of sp³-hybridized carbons (Fsp3) is 0.435. The van der Waals surface area contributed by atoms with Crippen LogP contribution in [0.3, 0.4) is 0 Å². The number of thioether (sulfide) groups is 1. The number of hydrogen-bond acceptors (Lipinski definition) is 4. The van der Waals surface area contributed by atoms with Crippen LogP contribution in [0.25, 0.3) is 0 Å². The van der Waals surface area contributed by atoms with E-state index in [2.05, 4.69) is 5.32 Å². The molecule has 0 spiro atoms. The first-order valence-electron chi connectivity index (χ1n) is 10.6. The van der Waals surface area contributed by atoms with Gasteiger partial charge >= 0.3 is 0 Å². The molecule has 5 nitrogen and oxygen atoms in total. The number of benzene rings is 2. The van der Waals surface area contributed by atoms with Crippen molar-refractivity contribution in [2.24, 2.45) is 5.92 Å². The summed E-state index contributed by atoms with van der Waals surface area (Å²) in [5.41, 5.74) is 2.93. The maximum atomic E-state index is 12.8. The topological polar surface area (TPSA) is 66.5 Å². The van der Waals surface area contributed by atoms with E-state index in [4.69, 9.17) is 23.2 Å². The smallest absolute Gasteiger partial charge is 0.223 e. The molecular weight excluding hydrogens is 487 g/mol. The van der Waals surface area contributed by atoms with E-state index in [1.54, 1.807) is 17.8 Å². The van der Waals surface area contributed by atoms with Crippen LogP contribution in [0, 0.1) is 12.8 Å². The quantitative estimate of drug-likeness (QED) is 0.483. The summed E-state index contributed by atoms with van der Waals surface area (Å²) in [5.74, 6) is 1.46. The van der Waals surface area contributed by atoms with E-state index in [0.29, 0.717) is 42.5 Å². The third kappa shape index (κ3) is 7.39. The zero-order valence-corrected chi connectivity index (χ0v) is 21.2. The lowest BCUT2D eigenvalue weighted by Gasteiger charge is -2.30. The fourth-order valence-electron chi connectivity index (χ4n) is 3.71. The van der Waals surface area contributed by atoms with E-state index in [-0.39, 0.29) is 17.6 Å². The summed E-state index contributed by atoms with van der Waals surface area (Å²) < 4.78 is 27.0. The molecule has 1 heterocycles. The summed E-state index contributed by atoms with van der Waals surface area (Å²) in [7, 11) is -3.38. The van der Waals surface area contributed by atoms with E-state index in [1.165, 1.54) is 4.31 Å². The normalized spacial score (nSPS) is 15.6. The van der Waals surface area contributed by atoms with Gasteiger partial charge in [0.15, 0.2) is 0 Å². The second-order valence-electron chi connectivity index (χ2n) is 8.01. The molecule has 1 saturated heterocycles. The van der Waals surface area contributed by atoms with Gasteiger partial charge in [0, 0.05) is 37.1 Å². The molecule has 3 rings (SSSR count). The Morgan fingerprint density at radius 2 is 1.84 bits per heavy atom. The summed E-state index contributed by atoms with van der Waals surface area (Å²) in [4.78, 5) is 12.5. The largest absolute Gasteiger partial charge is 0.355 e. The molecule has 0 unspecified atom stereocenters. The van der Waals surface area contributed by atoms with Crippen LogP contribution in [-0.4, -0.2) is 44.0 Å². The van der Waals surface area contributed by atoms with Crippen molar-refractivity contribution in [3.63, 3.8) is 0 Å². The molecule has 2 aromatic rings. The highest BCUT2D eigenvalue weighted by Crippen LogP contribution is 2.25. The number of carbonyl (C=O) groups excluding carboxylic acids is 1. The predicted molar refractivity (Wildman–Crippen MR) is 134 cm³/mol. The first-order valence-corrected chi connectivity index (χ1v) is 14.1. The van der Waals surface area contributed by atoms with E-state index in [0.717, 1.165) is 28.2 Å². The Morgan fingerprint density at radius 3 is 2.53 bits per heavy atom. The summed E-state index contributed by atoms with van der Waals surface area (Å²) in [6.45, 7) is 3.30. The van der Waals surface area contributed by atoms with Crippen molar-refractivity contribution in [2.45, 2.75) is 31.3 Å². The molecular formula is C23H28Cl2N2O3S2. The average Bonchev–Trinajstić information content (AvgIpc) is 2.75. The maximum Gasteiger partial charge on any atom is 0.223 e. The number of piperidine rings is 1. The number of halogens is 2. The third-order valence-electron chi connectivity index (χ3n) is 5.45. The highest BCUT2D eigenvalue weighted by Gasteiger charge is 2.31. The van der Waals surface area contributed by atoms with E-state index < -0.39 is 10.0 Å². The summed E-state index contributed by atoms with van der Waals surface area (Å²) in [6.07, 6.45) is 1.10. The van der Waals surface area contributed by atoms with E-state index in [9.17, 15) is 13.2 Å². The van der Waals surface area contributed by atoms with Crippen LogP contribution in [0.1, 0.15) is 29.5 Å². The van der Waals surface area contributed by atoms with Crippen LogP contribution in [0.4, 0.5) is 0 Å². The summed E-state index contributed by atoms with van der Waals surface area (Å²) >= 11 is 13.7. The highest BCUT2D eigenvalue weighted by molar-refractivity contribution is 7.98. The molecule has 0 aromatic heterocycles. The van der Waals surface area contributed by atoms with Gasteiger partial charge in [0.2, 0.25) is 15.9 Å². The van der Waals surface area contributed by atoms with Gasteiger partial charge in [-0.1, -0.05) is 59.1 Å². The van der Waals surface area contributed by atoms with Gasteiger partial charge in [0.1, 0.15) is 0 Å². The SMILES string of the molecule is Cc1cccc(CS(=O)(=O)N2CCC(C(=O)NCCSCc3ccc(Cl)c(Cl)c3)CC2)c1. The number of nitrogens with zero attached hydrogens (tertiary/aromatic N) is 1. The molecule has 0 bridgehead atoms. The second kappa shape index (κ2) is 11.7. The van der Waals surface area contributed by atoms with E-state index >= 15 is 0 Å².